The van der Waals surface area contributed by atoms with Crippen molar-refractivity contribution in [1.29, 1.82) is 0 Å². The summed E-state index contributed by atoms with van der Waals surface area (Å²) in [5, 5.41) is 31.3. The van der Waals surface area contributed by atoms with E-state index in [2.05, 4.69) is 20.7 Å². The van der Waals surface area contributed by atoms with E-state index in [9.17, 15) is 30.1 Å². The van der Waals surface area contributed by atoms with Crippen molar-refractivity contribution >= 4 is 18.3 Å². The molecule has 0 spiro atoms. The molecule has 3 aromatic rings. The number of aliphatic hydroxyl groups is 1. The van der Waals surface area contributed by atoms with E-state index < -0.39 is 79.3 Å². The maximum Gasteiger partial charge on any atom is 0.408 e. The number of amides is 3. The van der Waals surface area contributed by atoms with Crippen LogP contribution in [0.4, 0.5) is 14.4 Å². The number of hydrogen-bond acceptors (Lipinski definition) is 10. The molecule has 16 nitrogen and oxygen atoms in total. The molecule has 53 heavy (non-hydrogen) atoms. The highest BCUT2D eigenvalue weighted by atomic mass is 16.7. The fraction of sp³-hybridized carbons (Fsp3) is 0.432. The summed E-state index contributed by atoms with van der Waals surface area (Å²) < 4.78 is 30.2. The number of azide groups is 1. The van der Waals surface area contributed by atoms with Crippen LogP contribution in [-0.4, -0.2) is 94.4 Å². The Morgan fingerprint density at radius 2 is 1.60 bits per heavy atom. The van der Waals surface area contributed by atoms with Crippen molar-refractivity contribution in [2.45, 2.75) is 101 Å². The number of alkyl carbamates (subject to hydrolysis) is 2. The first-order chi connectivity index (χ1) is 25.7. The minimum absolute atomic E-state index is 0.0533. The summed E-state index contributed by atoms with van der Waals surface area (Å²) in [5.41, 5.74) is 11.8. The number of fused-ring (bicyclic) bond motifs is 1. The molecule has 280 valence electrons. The molecule has 1 unspecified atom stereocenters. The summed E-state index contributed by atoms with van der Waals surface area (Å²) in [7, 11) is 0. The highest BCUT2D eigenvalue weighted by Crippen LogP contribution is 2.35. The summed E-state index contributed by atoms with van der Waals surface area (Å²) in [5.74, 6) is 0. The van der Waals surface area contributed by atoms with Crippen LogP contribution in [-0.2, 0) is 43.4 Å². The van der Waals surface area contributed by atoms with Gasteiger partial charge in [0.2, 0.25) is 0 Å². The molecule has 16 heteroatoms. The SMILES string of the molecule is C[C@H]([C@@H]1CC[C@@H](N=[N+]=[N-])C(O[C@H]2[C@H](O)[C@H]3OC(=O)N[C@@H]3[C@@H](OCc3ccccc3)[C@@H]2NC(=O)OCc2ccccc2)O1)N(Cc1ccccc1)C(=O)O. The lowest BCUT2D eigenvalue weighted by molar-refractivity contribution is -0.268. The first-order valence-corrected chi connectivity index (χ1v) is 17.4. The number of rotatable bonds is 13. The minimum atomic E-state index is -1.53. The number of carboxylic acid groups (broad SMARTS) is 1. The number of nitrogens with one attached hydrogen (secondary N) is 2. The van der Waals surface area contributed by atoms with Crippen LogP contribution in [0.15, 0.2) is 96.1 Å². The van der Waals surface area contributed by atoms with E-state index in [1.807, 2.05) is 78.9 Å². The molecular formula is C37H42N6O10. The molecule has 1 aliphatic carbocycles. The molecule has 3 fully saturated rings. The Hall–Kier alpha value is -5.38. The van der Waals surface area contributed by atoms with Gasteiger partial charge in [0, 0.05) is 11.5 Å². The fourth-order valence-electron chi connectivity index (χ4n) is 6.99. The van der Waals surface area contributed by atoms with E-state index in [1.54, 1.807) is 19.1 Å². The van der Waals surface area contributed by atoms with Crippen molar-refractivity contribution in [2.24, 2.45) is 5.11 Å². The van der Waals surface area contributed by atoms with E-state index in [-0.39, 0.29) is 26.2 Å². The Bertz CT molecular complexity index is 1730. The minimum Gasteiger partial charge on any atom is -0.465 e. The fourth-order valence-corrected chi connectivity index (χ4v) is 6.99. The summed E-state index contributed by atoms with van der Waals surface area (Å²) in [6.07, 6.45) is -9.28. The first kappa shape index (κ1) is 37.4. The maximum absolute atomic E-state index is 13.4. The van der Waals surface area contributed by atoms with Gasteiger partial charge in [-0.15, -0.1) is 0 Å². The van der Waals surface area contributed by atoms with Crippen LogP contribution in [0, 0.1) is 0 Å². The highest BCUT2D eigenvalue weighted by Gasteiger charge is 2.58. The quantitative estimate of drug-likeness (QED) is 0.107. The number of aliphatic hydroxyl groups excluding tert-OH is 1. The monoisotopic (exact) mass is 730 g/mol. The van der Waals surface area contributed by atoms with E-state index in [0.29, 0.717) is 6.42 Å². The van der Waals surface area contributed by atoms with E-state index in [0.717, 1.165) is 16.7 Å². The lowest BCUT2D eigenvalue weighted by Gasteiger charge is -2.47. The second-order valence-corrected chi connectivity index (χ2v) is 13.2. The highest BCUT2D eigenvalue weighted by molar-refractivity contribution is 5.71. The zero-order valence-corrected chi connectivity index (χ0v) is 28.9. The third kappa shape index (κ3) is 9.17. The number of benzene rings is 3. The zero-order chi connectivity index (χ0) is 37.3. The van der Waals surface area contributed by atoms with E-state index >= 15 is 0 Å². The van der Waals surface area contributed by atoms with Gasteiger partial charge in [0.1, 0.15) is 31.0 Å². The first-order valence-electron chi connectivity index (χ1n) is 17.4. The van der Waals surface area contributed by atoms with Gasteiger partial charge in [-0.1, -0.05) is 96.1 Å². The van der Waals surface area contributed by atoms with Gasteiger partial charge in [-0.25, -0.2) is 14.4 Å². The van der Waals surface area contributed by atoms with E-state index in [1.165, 1.54) is 4.90 Å². The van der Waals surface area contributed by atoms with Gasteiger partial charge >= 0.3 is 18.3 Å². The third-order valence-electron chi connectivity index (χ3n) is 9.73. The standard InChI is InChI=1S/C37H42N6O10/c1-22(43(37(47)48)19-23-11-5-2-6-12-23)27-18-17-26(41-42-38)34(51-27)52-32-28(39-35(45)50-21-25-15-9-4-10-16-25)31(49-20-24-13-7-3-8-14-24)29-33(30(32)44)53-36(46)40-29/h2-16,22,26-34,44H,17-21H2,1H3,(H,39,45)(H,40,46)(H,47,48)/t22-,26-,27+,28+,29-,30+,31+,32-,33+,34?/m1/s1. The Kier molecular flexibility index (Phi) is 12.3. The maximum atomic E-state index is 13.4. The summed E-state index contributed by atoms with van der Waals surface area (Å²) in [6, 6.07) is 23.8. The average Bonchev–Trinajstić information content (AvgIpc) is 3.57. The van der Waals surface area contributed by atoms with Crippen molar-refractivity contribution < 1.29 is 48.3 Å². The molecule has 3 amide bonds. The molecule has 0 radical (unpaired) electrons. The molecule has 2 saturated heterocycles. The molecule has 2 aliphatic heterocycles. The van der Waals surface area contributed by atoms with Gasteiger partial charge < -0.3 is 44.5 Å². The number of ether oxygens (including phenoxy) is 5. The number of hydrogen-bond donors (Lipinski definition) is 4. The predicted molar refractivity (Wildman–Crippen MR) is 187 cm³/mol. The van der Waals surface area contributed by atoms with Crippen LogP contribution in [0.1, 0.15) is 36.5 Å². The summed E-state index contributed by atoms with van der Waals surface area (Å²) >= 11 is 0. The number of carbonyl (C=O) groups is 3. The smallest absolute Gasteiger partial charge is 0.408 e. The Labute approximate surface area is 305 Å². The molecule has 6 rings (SSSR count). The lowest BCUT2D eigenvalue weighted by Crippen LogP contribution is -2.71. The zero-order valence-electron chi connectivity index (χ0n) is 28.9. The molecule has 10 atom stereocenters. The van der Waals surface area contributed by atoms with Gasteiger partial charge in [0.15, 0.2) is 12.4 Å². The van der Waals surface area contributed by atoms with Gasteiger partial charge in [0.25, 0.3) is 0 Å². The van der Waals surface area contributed by atoms with Crippen LogP contribution in [0.3, 0.4) is 0 Å². The van der Waals surface area contributed by atoms with Crippen molar-refractivity contribution in [2.75, 3.05) is 0 Å². The Morgan fingerprint density at radius 1 is 0.981 bits per heavy atom. The molecule has 0 bridgehead atoms. The normalized spacial score (nSPS) is 28.3. The second kappa shape index (κ2) is 17.4. The van der Waals surface area contributed by atoms with Gasteiger partial charge in [0.05, 0.1) is 30.8 Å². The molecule has 0 aromatic heterocycles. The number of carbonyl (C=O) groups excluding carboxylic acids is 2. The Balaban J connectivity index is 1.28. The van der Waals surface area contributed by atoms with Crippen molar-refractivity contribution in [1.82, 2.24) is 15.5 Å². The van der Waals surface area contributed by atoms with Crippen LogP contribution < -0.4 is 10.6 Å². The molecular weight excluding hydrogens is 688 g/mol. The largest absolute Gasteiger partial charge is 0.465 e. The number of nitrogens with zero attached hydrogens (tertiary/aromatic N) is 4. The van der Waals surface area contributed by atoms with E-state index in [4.69, 9.17) is 23.7 Å². The molecule has 4 N–H and O–H groups in total. The average molecular weight is 731 g/mol. The molecule has 2 heterocycles. The van der Waals surface area contributed by atoms with Gasteiger partial charge in [-0.2, -0.15) is 0 Å². The van der Waals surface area contributed by atoms with Gasteiger partial charge in [-0.05, 0) is 42.0 Å². The lowest BCUT2D eigenvalue weighted by atomic mass is 9.81. The predicted octanol–water partition coefficient (Wildman–Crippen LogP) is 4.86. The van der Waals surface area contributed by atoms with Gasteiger partial charge in [-0.3, -0.25) is 4.90 Å². The van der Waals surface area contributed by atoms with Crippen LogP contribution in [0.2, 0.25) is 0 Å². The second-order valence-electron chi connectivity index (χ2n) is 13.2. The molecule has 1 saturated carbocycles. The summed E-state index contributed by atoms with van der Waals surface area (Å²) in [6.45, 7) is 1.83. The third-order valence-corrected chi connectivity index (χ3v) is 9.73. The Morgan fingerprint density at radius 3 is 2.23 bits per heavy atom. The van der Waals surface area contributed by atoms with Crippen molar-refractivity contribution in [3.05, 3.63) is 118 Å². The van der Waals surface area contributed by atoms with Crippen molar-refractivity contribution in [3.8, 4) is 0 Å². The van der Waals surface area contributed by atoms with Crippen LogP contribution in [0.5, 0.6) is 0 Å². The summed E-state index contributed by atoms with van der Waals surface area (Å²) in [4.78, 5) is 42.7. The molecule has 3 aromatic carbocycles. The molecule has 3 aliphatic rings. The van der Waals surface area contributed by atoms with Crippen molar-refractivity contribution in [3.63, 3.8) is 0 Å². The van der Waals surface area contributed by atoms with Crippen LogP contribution >= 0.6 is 0 Å². The van der Waals surface area contributed by atoms with Crippen LogP contribution in [0.25, 0.3) is 10.4 Å². The topological polar surface area (TPSA) is 214 Å².